The maximum Gasteiger partial charge on any atom is 0.374 e. The van der Waals surface area contributed by atoms with Gasteiger partial charge in [0.15, 0.2) is 0 Å². The first-order valence-corrected chi connectivity index (χ1v) is 7.13. The number of piperidine rings is 1. The van der Waals surface area contributed by atoms with Gasteiger partial charge in [-0.1, -0.05) is 34.2 Å². The lowest BCUT2D eigenvalue weighted by atomic mass is 9.91. The minimum atomic E-state index is -4.49. The van der Waals surface area contributed by atoms with E-state index in [4.69, 9.17) is 0 Å². The molecule has 0 N–H and O–H groups in total. The molecule has 1 aliphatic rings. The molecule has 0 aliphatic carbocycles. The molecule has 0 aromatic heterocycles. The number of halogens is 1. The van der Waals surface area contributed by atoms with Crippen molar-refractivity contribution < 1.29 is 12.3 Å². The summed E-state index contributed by atoms with van der Waals surface area (Å²) in [6.45, 7) is 0.604. The highest BCUT2D eigenvalue weighted by Gasteiger charge is 2.27. The molecule has 0 saturated carbocycles. The zero-order valence-corrected chi connectivity index (χ0v) is 10.4. The molecule has 0 radical (unpaired) electrons. The average Bonchev–Trinajstić information content (AvgIpc) is 2.30. The SMILES string of the molecule is O=S(=O)(F)N1CCC(Cc2ccccc2)CC1. The van der Waals surface area contributed by atoms with Crippen molar-refractivity contribution in [3.8, 4) is 0 Å². The monoisotopic (exact) mass is 257 g/mol. The molecule has 1 aliphatic heterocycles. The Labute approximate surface area is 102 Å². The van der Waals surface area contributed by atoms with Gasteiger partial charge in [-0.25, -0.2) is 0 Å². The smallest absolute Gasteiger partial charge is 0.177 e. The van der Waals surface area contributed by atoms with Gasteiger partial charge in [0, 0.05) is 13.1 Å². The van der Waals surface area contributed by atoms with Crippen LogP contribution in [0.15, 0.2) is 30.3 Å². The van der Waals surface area contributed by atoms with Gasteiger partial charge in [-0.05, 0) is 30.7 Å². The van der Waals surface area contributed by atoms with Gasteiger partial charge in [0.1, 0.15) is 0 Å². The lowest BCUT2D eigenvalue weighted by molar-refractivity contribution is 0.263. The van der Waals surface area contributed by atoms with E-state index in [2.05, 4.69) is 12.1 Å². The fourth-order valence-electron chi connectivity index (χ4n) is 2.28. The first kappa shape index (κ1) is 12.5. The van der Waals surface area contributed by atoms with Crippen LogP contribution in [-0.4, -0.2) is 25.8 Å². The van der Waals surface area contributed by atoms with Gasteiger partial charge in [0.05, 0.1) is 0 Å². The van der Waals surface area contributed by atoms with Crippen LogP contribution >= 0.6 is 0 Å². The molecule has 0 unspecified atom stereocenters. The van der Waals surface area contributed by atoms with Crippen LogP contribution in [0.4, 0.5) is 3.89 Å². The summed E-state index contributed by atoms with van der Waals surface area (Å²) in [5.41, 5.74) is 1.26. The van der Waals surface area contributed by atoms with E-state index < -0.39 is 10.4 Å². The van der Waals surface area contributed by atoms with Crippen molar-refractivity contribution in [2.24, 2.45) is 5.92 Å². The third kappa shape index (κ3) is 3.51. The highest BCUT2D eigenvalue weighted by atomic mass is 32.3. The Morgan fingerprint density at radius 3 is 2.29 bits per heavy atom. The molecular weight excluding hydrogens is 241 g/mol. The van der Waals surface area contributed by atoms with Gasteiger partial charge < -0.3 is 0 Å². The zero-order chi connectivity index (χ0) is 12.3. The molecule has 1 aromatic rings. The van der Waals surface area contributed by atoms with Crippen molar-refractivity contribution >= 4 is 10.4 Å². The van der Waals surface area contributed by atoms with Crippen molar-refractivity contribution in [3.63, 3.8) is 0 Å². The molecule has 5 heteroatoms. The number of hydrogen-bond acceptors (Lipinski definition) is 2. The molecule has 1 heterocycles. The summed E-state index contributed by atoms with van der Waals surface area (Å²) in [6.07, 6.45) is 2.41. The van der Waals surface area contributed by atoms with Gasteiger partial charge in [0.2, 0.25) is 0 Å². The highest BCUT2D eigenvalue weighted by molar-refractivity contribution is 7.83. The zero-order valence-electron chi connectivity index (χ0n) is 9.55. The van der Waals surface area contributed by atoms with Crippen LogP contribution in [0.5, 0.6) is 0 Å². The molecule has 1 fully saturated rings. The Bertz CT molecular complexity index is 453. The van der Waals surface area contributed by atoms with Crippen LogP contribution in [0.3, 0.4) is 0 Å². The molecule has 17 heavy (non-hydrogen) atoms. The number of rotatable bonds is 3. The van der Waals surface area contributed by atoms with Gasteiger partial charge >= 0.3 is 10.4 Å². The Morgan fingerprint density at radius 1 is 1.18 bits per heavy atom. The van der Waals surface area contributed by atoms with E-state index in [1.165, 1.54) is 5.56 Å². The average molecular weight is 257 g/mol. The Morgan fingerprint density at radius 2 is 1.76 bits per heavy atom. The molecule has 0 bridgehead atoms. The summed E-state index contributed by atoms with van der Waals surface area (Å²) in [7, 11) is -4.49. The van der Waals surface area contributed by atoms with E-state index in [0.29, 0.717) is 19.0 Å². The molecule has 0 amide bonds. The van der Waals surface area contributed by atoms with Crippen LogP contribution in [-0.2, 0) is 16.8 Å². The molecule has 1 aromatic carbocycles. The quantitative estimate of drug-likeness (QED) is 0.778. The number of hydrogen-bond donors (Lipinski definition) is 0. The van der Waals surface area contributed by atoms with Crippen LogP contribution in [0.25, 0.3) is 0 Å². The second kappa shape index (κ2) is 5.14. The minimum Gasteiger partial charge on any atom is -0.177 e. The van der Waals surface area contributed by atoms with E-state index in [-0.39, 0.29) is 0 Å². The summed E-state index contributed by atoms with van der Waals surface area (Å²) in [5, 5.41) is 0. The summed E-state index contributed by atoms with van der Waals surface area (Å²) >= 11 is 0. The lowest BCUT2D eigenvalue weighted by Crippen LogP contribution is -2.36. The topological polar surface area (TPSA) is 37.4 Å². The van der Waals surface area contributed by atoms with E-state index in [1.54, 1.807) is 0 Å². The second-order valence-electron chi connectivity index (χ2n) is 4.47. The van der Waals surface area contributed by atoms with E-state index in [0.717, 1.165) is 23.6 Å². The van der Waals surface area contributed by atoms with Crippen molar-refractivity contribution in [3.05, 3.63) is 35.9 Å². The largest absolute Gasteiger partial charge is 0.374 e. The lowest BCUT2D eigenvalue weighted by Gasteiger charge is -2.28. The summed E-state index contributed by atoms with van der Waals surface area (Å²) < 4.78 is 35.1. The van der Waals surface area contributed by atoms with Gasteiger partial charge in [0.25, 0.3) is 0 Å². The van der Waals surface area contributed by atoms with Crippen molar-refractivity contribution in [1.29, 1.82) is 0 Å². The maximum atomic E-state index is 12.7. The number of nitrogens with zero attached hydrogens (tertiary/aromatic N) is 1. The molecule has 3 nitrogen and oxygen atoms in total. The fourth-order valence-corrected chi connectivity index (χ4v) is 2.93. The molecule has 94 valence electrons. The van der Waals surface area contributed by atoms with E-state index >= 15 is 0 Å². The van der Waals surface area contributed by atoms with E-state index in [1.807, 2.05) is 18.2 Å². The Kier molecular flexibility index (Phi) is 3.79. The fraction of sp³-hybridized carbons (Fsp3) is 0.500. The van der Waals surface area contributed by atoms with Crippen molar-refractivity contribution in [2.75, 3.05) is 13.1 Å². The Balaban J connectivity index is 1.88. The molecule has 2 rings (SSSR count). The normalized spacial score (nSPS) is 19.4. The molecular formula is C12H16FNO2S. The third-order valence-electron chi connectivity index (χ3n) is 3.25. The van der Waals surface area contributed by atoms with E-state index in [9.17, 15) is 12.3 Å². The molecule has 0 atom stereocenters. The number of benzene rings is 1. The van der Waals surface area contributed by atoms with Crippen LogP contribution in [0, 0.1) is 5.92 Å². The summed E-state index contributed by atoms with van der Waals surface area (Å²) in [6, 6.07) is 10.1. The molecule has 0 spiro atoms. The maximum absolute atomic E-state index is 12.7. The van der Waals surface area contributed by atoms with Crippen LogP contribution < -0.4 is 0 Å². The van der Waals surface area contributed by atoms with Crippen LogP contribution in [0.1, 0.15) is 18.4 Å². The van der Waals surface area contributed by atoms with Crippen molar-refractivity contribution in [1.82, 2.24) is 4.31 Å². The summed E-state index contributed by atoms with van der Waals surface area (Å²) in [5.74, 6) is 0.454. The highest BCUT2D eigenvalue weighted by Crippen LogP contribution is 2.23. The van der Waals surface area contributed by atoms with Crippen molar-refractivity contribution in [2.45, 2.75) is 19.3 Å². The second-order valence-corrected chi connectivity index (χ2v) is 5.81. The van der Waals surface area contributed by atoms with Gasteiger partial charge in [-0.15, -0.1) is 0 Å². The van der Waals surface area contributed by atoms with Gasteiger partial charge in [-0.2, -0.15) is 12.7 Å². The minimum absolute atomic E-state index is 0.302. The predicted octanol–water partition coefficient (Wildman–Crippen LogP) is 2.16. The first-order chi connectivity index (χ1) is 8.05. The Hall–Kier alpha value is -0.940. The van der Waals surface area contributed by atoms with Gasteiger partial charge in [-0.3, -0.25) is 0 Å². The standard InChI is InChI=1S/C12H16FNO2S/c13-17(15,16)14-8-6-12(7-9-14)10-11-4-2-1-3-5-11/h1-5,12H,6-10H2. The summed E-state index contributed by atoms with van der Waals surface area (Å²) in [4.78, 5) is 0. The molecule has 1 saturated heterocycles. The third-order valence-corrected chi connectivity index (χ3v) is 4.23. The van der Waals surface area contributed by atoms with Crippen LogP contribution in [0.2, 0.25) is 0 Å². The predicted molar refractivity (Wildman–Crippen MR) is 64.5 cm³/mol. The first-order valence-electron chi connectivity index (χ1n) is 5.79.